The van der Waals surface area contributed by atoms with E-state index in [-0.39, 0.29) is 0 Å². The topological polar surface area (TPSA) is 12.5 Å². The van der Waals surface area contributed by atoms with Crippen molar-refractivity contribution in [2.24, 2.45) is 0 Å². The van der Waals surface area contributed by atoms with Gasteiger partial charge in [0.2, 0.25) is 0 Å². The van der Waals surface area contributed by atoms with Crippen LogP contribution in [0.2, 0.25) is 0 Å². The minimum absolute atomic E-state index is 0.596. The number of benzene rings is 3. The van der Waals surface area contributed by atoms with E-state index in [2.05, 4.69) is 93.3 Å². The quantitative estimate of drug-likeness (QED) is 0.478. The van der Waals surface area contributed by atoms with E-state index in [9.17, 15) is 0 Å². The summed E-state index contributed by atoms with van der Waals surface area (Å²) in [4.78, 5) is 2.54. The fourth-order valence-electron chi connectivity index (χ4n) is 4.84. The van der Waals surface area contributed by atoms with Gasteiger partial charge >= 0.3 is 0 Å². The summed E-state index contributed by atoms with van der Waals surface area (Å²) >= 11 is 0. The van der Waals surface area contributed by atoms with Crippen molar-refractivity contribution in [1.82, 2.24) is 4.90 Å². The Balaban J connectivity index is 1.69. The molecular formula is C29H36NOP. The first-order valence-electron chi connectivity index (χ1n) is 11.8. The van der Waals surface area contributed by atoms with Crippen LogP contribution in [0.3, 0.4) is 0 Å². The molecular weight excluding hydrogens is 409 g/mol. The van der Waals surface area contributed by atoms with Gasteiger partial charge in [0, 0.05) is 13.1 Å². The van der Waals surface area contributed by atoms with Gasteiger partial charge in [0.1, 0.15) is 0 Å². The number of aryl methyl sites for hydroxylation is 5. The summed E-state index contributed by atoms with van der Waals surface area (Å²) < 4.78 is 5.51. The van der Waals surface area contributed by atoms with E-state index in [1.807, 2.05) is 0 Å². The van der Waals surface area contributed by atoms with Gasteiger partial charge in [0.15, 0.2) is 0 Å². The highest BCUT2D eigenvalue weighted by atomic mass is 31.1. The number of morpholine rings is 1. The maximum Gasteiger partial charge on any atom is 0.0594 e. The Bertz CT molecular complexity index is 963. The van der Waals surface area contributed by atoms with Gasteiger partial charge in [-0.2, -0.15) is 0 Å². The highest BCUT2D eigenvalue weighted by Gasteiger charge is 2.21. The van der Waals surface area contributed by atoms with Gasteiger partial charge in [0.05, 0.1) is 13.2 Å². The van der Waals surface area contributed by atoms with E-state index in [4.69, 9.17) is 4.74 Å². The van der Waals surface area contributed by atoms with Crippen molar-refractivity contribution in [3.8, 4) is 0 Å². The summed E-state index contributed by atoms with van der Waals surface area (Å²) in [5.41, 5.74) is 6.90. The van der Waals surface area contributed by atoms with Crippen LogP contribution in [-0.2, 0) is 11.2 Å². The van der Waals surface area contributed by atoms with Crippen LogP contribution in [0.5, 0.6) is 0 Å². The smallest absolute Gasteiger partial charge is 0.0594 e. The Labute approximate surface area is 195 Å². The van der Waals surface area contributed by atoms with Crippen LogP contribution in [0.25, 0.3) is 0 Å². The number of nitrogens with zero attached hydrogens (tertiary/aromatic N) is 1. The van der Waals surface area contributed by atoms with E-state index >= 15 is 0 Å². The fraction of sp³-hybridized carbons (Fsp3) is 0.379. The molecule has 1 heterocycles. The molecule has 4 rings (SSSR count). The molecule has 0 bridgehead atoms. The molecule has 0 saturated carbocycles. The van der Waals surface area contributed by atoms with Gasteiger partial charge in [-0.05, 0) is 76.5 Å². The van der Waals surface area contributed by atoms with Crippen molar-refractivity contribution >= 4 is 23.8 Å². The van der Waals surface area contributed by atoms with Crippen molar-refractivity contribution in [2.75, 3.05) is 32.8 Å². The fourth-order valence-corrected chi connectivity index (χ4v) is 7.74. The van der Waals surface area contributed by atoms with Gasteiger partial charge in [-0.3, -0.25) is 4.90 Å². The monoisotopic (exact) mass is 445 g/mol. The number of ether oxygens (including phenoxy) is 1. The first kappa shape index (κ1) is 23.2. The zero-order valence-electron chi connectivity index (χ0n) is 20.0. The lowest BCUT2D eigenvalue weighted by molar-refractivity contribution is 0.0375. The molecule has 0 N–H and O–H groups in total. The molecule has 2 nitrogen and oxygen atoms in total. The molecule has 0 radical (unpaired) electrons. The van der Waals surface area contributed by atoms with Crippen LogP contribution in [0, 0.1) is 27.7 Å². The Kier molecular flexibility index (Phi) is 7.79. The first-order chi connectivity index (χ1) is 15.5. The maximum atomic E-state index is 5.51. The average molecular weight is 446 g/mol. The second-order valence-electron chi connectivity index (χ2n) is 9.21. The minimum atomic E-state index is -0.596. The second kappa shape index (κ2) is 10.8. The molecule has 0 atom stereocenters. The van der Waals surface area contributed by atoms with Crippen molar-refractivity contribution in [3.05, 3.63) is 88.5 Å². The summed E-state index contributed by atoms with van der Waals surface area (Å²) in [6.07, 6.45) is 2.32. The Hall–Kier alpha value is -1.99. The third-order valence-corrected chi connectivity index (χ3v) is 8.65. The molecule has 3 heteroatoms. The Morgan fingerprint density at radius 1 is 0.750 bits per heavy atom. The number of hydrogen-bond donors (Lipinski definition) is 0. The predicted molar refractivity (Wildman–Crippen MR) is 140 cm³/mol. The van der Waals surface area contributed by atoms with E-state index in [0.717, 1.165) is 39.3 Å². The predicted octanol–water partition coefficient (Wildman–Crippen LogP) is 4.94. The van der Waals surface area contributed by atoms with E-state index in [1.165, 1.54) is 50.2 Å². The van der Waals surface area contributed by atoms with Crippen molar-refractivity contribution in [2.45, 2.75) is 40.5 Å². The van der Waals surface area contributed by atoms with Crippen LogP contribution in [0.4, 0.5) is 0 Å². The van der Waals surface area contributed by atoms with Crippen molar-refractivity contribution in [3.63, 3.8) is 0 Å². The second-order valence-corrected chi connectivity index (χ2v) is 11.4. The molecule has 1 aliphatic rings. The zero-order valence-corrected chi connectivity index (χ0v) is 20.9. The summed E-state index contributed by atoms with van der Waals surface area (Å²) in [5, 5.41) is 4.44. The molecule has 0 spiro atoms. The molecule has 1 fully saturated rings. The normalized spacial score (nSPS) is 14.8. The Morgan fingerprint density at radius 2 is 1.28 bits per heavy atom. The highest BCUT2D eigenvalue weighted by molar-refractivity contribution is 7.79. The average Bonchev–Trinajstić information content (AvgIpc) is 2.74. The van der Waals surface area contributed by atoms with E-state index in [1.54, 1.807) is 0 Å². The third-order valence-electron chi connectivity index (χ3n) is 6.19. The Morgan fingerprint density at radius 3 is 1.84 bits per heavy atom. The summed E-state index contributed by atoms with van der Waals surface area (Å²) in [6.45, 7) is 13.9. The van der Waals surface area contributed by atoms with Gasteiger partial charge in [-0.15, -0.1) is 0 Å². The molecule has 0 amide bonds. The molecule has 3 aromatic carbocycles. The molecule has 0 unspecified atom stereocenters. The summed E-state index contributed by atoms with van der Waals surface area (Å²) in [7, 11) is -0.596. The number of rotatable bonds is 7. The summed E-state index contributed by atoms with van der Waals surface area (Å²) in [5.74, 6) is 0. The maximum absolute atomic E-state index is 5.51. The number of hydrogen-bond acceptors (Lipinski definition) is 2. The van der Waals surface area contributed by atoms with E-state index in [0.29, 0.717) is 0 Å². The lowest BCUT2D eigenvalue weighted by Crippen LogP contribution is -2.37. The van der Waals surface area contributed by atoms with Crippen LogP contribution in [-0.4, -0.2) is 37.7 Å². The van der Waals surface area contributed by atoms with Crippen molar-refractivity contribution in [1.29, 1.82) is 0 Å². The molecule has 1 aliphatic heterocycles. The lowest BCUT2D eigenvalue weighted by atomic mass is 10.1. The minimum Gasteiger partial charge on any atom is -0.379 e. The van der Waals surface area contributed by atoms with Crippen LogP contribution < -0.4 is 15.9 Å². The van der Waals surface area contributed by atoms with Gasteiger partial charge in [-0.1, -0.05) is 82.9 Å². The van der Waals surface area contributed by atoms with Crippen LogP contribution in [0.15, 0.2) is 60.7 Å². The molecule has 0 aliphatic carbocycles. The van der Waals surface area contributed by atoms with Gasteiger partial charge in [-0.25, -0.2) is 0 Å². The van der Waals surface area contributed by atoms with Gasteiger partial charge < -0.3 is 4.74 Å². The first-order valence-corrected chi connectivity index (χ1v) is 13.2. The molecule has 3 aromatic rings. The van der Waals surface area contributed by atoms with Gasteiger partial charge in [0.25, 0.3) is 0 Å². The van der Waals surface area contributed by atoms with Crippen LogP contribution >= 0.6 is 7.92 Å². The molecule has 0 aromatic heterocycles. The van der Waals surface area contributed by atoms with Crippen molar-refractivity contribution < 1.29 is 4.74 Å². The largest absolute Gasteiger partial charge is 0.379 e. The van der Waals surface area contributed by atoms with E-state index < -0.39 is 7.92 Å². The lowest BCUT2D eigenvalue weighted by Gasteiger charge is -2.27. The standard InChI is InChI=1S/C29H36NOP/c1-22-16-23(2)19-27(18-22)32(28-20-24(3)17-25(4)21-28)29-10-6-5-8-26(29)9-7-11-30-12-14-31-15-13-30/h5-6,8,10,16-21H,7,9,11-15H2,1-4H3. The molecule has 168 valence electrons. The molecule has 1 saturated heterocycles. The highest BCUT2D eigenvalue weighted by Crippen LogP contribution is 2.36. The van der Waals surface area contributed by atoms with Crippen LogP contribution in [0.1, 0.15) is 34.2 Å². The third kappa shape index (κ3) is 5.87. The SMILES string of the molecule is Cc1cc(C)cc(P(c2cc(C)cc(C)c2)c2ccccc2CCCN2CCOCC2)c1. The molecule has 32 heavy (non-hydrogen) atoms. The summed E-state index contributed by atoms with van der Waals surface area (Å²) in [6, 6.07) is 23.4. The zero-order chi connectivity index (χ0) is 22.5.